The van der Waals surface area contributed by atoms with Gasteiger partial charge in [-0.2, -0.15) is 0 Å². The van der Waals surface area contributed by atoms with Gasteiger partial charge in [0.2, 0.25) is 0 Å². The standard InChI is InChI=1S/C14H24N2/c1-11(2)8-16-10-14(12(3)4)13-6-5-7-15-9-13/h5-7,9,11-12,14,16H,8,10H2,1-4H3. The SMILES string of the molecule is CC(C)CNCC(c1cccnc1)C(C)C. The van der Waals surface area contributed by atoms with Gasteiger partial charge < -0.3 is 5.32 Å². The van der Waals surface area contributed by atoms with Crippen LogP contribution in [0.2, 0.25) is 0 Å². The van der Waals surface area contributed by atoms with Gasteiger partial charge >= 0.3 is 0 Å². The Balaban J connectivity index is 2.55. The lowest BCUT2D eigenvalue weighted by molar-refractivity contribution is 0.441. The van der Waals surface area contributed by atoms with Crippen LogP contribution in [0.1, 0.15) is 39.2 Å². The number of nitrogens with zero attached hydrogens (tertiary/aromatic N) is 1. The van der Waals surface area contributed by atoms with Crippen LogP contribution in [0.15, 0.2) is 24.5 Å². The molecular formula is C14H24N2. The summed E-state index contributed by atoms with van der Waals surface area (Å²) >= 11 is 0. The van der Waals surface area contributed by atoms with Crippen molar-refractivity contribution >= 4 is 0 Å². The Bertz CT molecular complexity index is 280. The summed E-state index contributed by atoms with van der Waals surface area (Å²) in [5.41, 5.74) is 1.34. The first kappa shape index (κ1) is 13.2. The first-order chi connectivity index (χ1) is 7.61. The molecular weight excluding hydrogens is 196 g/mol. The van der Waals surface area contributed by atoms with Crippen molar-refractivity contribution in [1.82, 2.24) is 10.3 Å². The van der Waals surface area contributed by atoms with Gasteiger partial charge in [0.05, 0.1) is 0 Å². The van der Waals surface area contributed by atoms with Gasteiger partial charge in [-0.1, -0.05) is 33.8 Å². The van der Waals surface area contributed by atoms with Gasteiger partial charge in [-0.15, -0.1) is 0 Å². The van der Waals surface area contributed by atoms with Gasteiger partial charge in [0.1, 0.15) is 0 Å². The second kappa shape index (κ2) is 6.64. The van der Waals surface area contributed by atoms with Crippen molar-refractivity contribution in [2.75, 3.05) is 13.1 Å². The van der Waals surface area contributed by atoms with E-state index >= 15 is 0 Å². The molecule has 1 atom stereocenters. The summed E-state index contributed by atoms with van der Waals surface area (Å²) < 4.78 is 0. The van der Waals surface area contributed by atoms with E-state index in [2.05, 4.69) is 44.1 Å². The predicted octanol–water partition coefficient (Wildman–Crippen LogP) is 3.07. The first-order valence-electron chi connectivity index (χ1n) is 6.22. The molecule has 0 aliphatic heterocycles. The van der Waals surface area contributed by atoms with Crippen molar-refractivity contribution in [2.45, 2.75) is 33.6 Å². The molecule has 1 aromatic heterocycles. The van der Waals surface area contributed by atoms with E-state index in [1.165, 1.54) is 5.56 Å². The summed E-state index contributed by atoms with van der Waals surface area (Å²) in [7, 11) is 0. The third-order valence-electron chi connectivity index (χ3n) is 2.83. The average Bonchev–Trinajstić information content (AvgIpc) is 2.25. The van der Waals surface area contributed by atoms with E-state index in [1.807, 2.05) is 18.5 Å². The number of rotatable bonds is 6. The quantitative estimate of drug-likeness (QED) is 0.797. The normalized spacial score (nSPS) is 13.4. The molecule has 90 valence electrons. The van der Waals surface area contributed by atoms with Crippen LogP contribution in [0.4, 0.5) is 0 Å². The second-order valence-electron chi connectivity index (χ2n) is 5.19. The van der Waals surface area contributed by atoms with Crippen molar-refractivity contribution in [3.63, 3.8) is 0 Å². The maximum absolute atomic E-state index is 4.20. The van der Waals surface area contributed by atoms with Gasteiger partial charge in [-0.25, -0.2) is 0 Å². The van der Waals surface area contributed by atoms with Gasteiger partial charge in [0, 0.05) is 24.9 Å². The Morgan fingerprint density at radius 3 is 2.44 bits per heavy atom. The molecule has 0 bridgehead atoms. The zero-order valence-corrected chi connectivity index (χ0v) is 10.9. The molecule has 0 aromatic carbocycles. The molecule has 0 amide bonds. The Morgan fingerprint density at radius 2 is 1.94 bits per heavy atom. The maximum Gasteiger partial charge on any atom is 0.0303 e. The summed E-state index contributed by atoms with van der Waals surface area (Å²) in [4.78, 5) is 4.20. The largest absolute Gasteiger partial charge is 0.316 e. The van der Waals surface area contributed by atoms with Crippen LogP contribution in [0.3, 0.4) is 0 Å². The molecule has 2 heteroatoms. The lowest BCUT2D eigenvalue weighted by Gasteiger charge is -2.22. The molecule has 0 saturated heterocycles. The monoisotopic (exact) mass is 220 g/mol. The molecule has 2 nitrogen and oxygen atoms in total. The summed E-state index contributed by atoms with van der Waals surface area (Å²) in [6.45, 7) is 11.2. The third kappa shape index (κ3) is 4.31. The number of nitrogens with one attached hydrogen (secondary N) is 1. The lowest BCUT2D eigenvalue weighted by atomic mass is 9.89. The van der Waals surface area contributed by atoms with Crippen LogP contribution >= 0.6 is 0 Å². The Hall–Kier alpha value is -0.890. The first-order valence-corrected chi connectivity index (χ1v) is 6.22. The molecule has 1 rings (SSSR count). The van der Waals surface area contributed by atoms with Gasteiger partial charge in [-0.05, 0) is 30.0 Å². The Labute approximate surface area is 99.5 Å². The molecule has 1 heterocycles. The second-order valence-corrected chi connectivity index (χ2v) is 5.19. The van der Waals surface area contributed by atoms with Gasteiger partial charge in [0.15, 0.2) is 0 Å². The minimum atomic E-state index is 0.562. The molecule has 16 heavy (non-hydrogen) atoms. The fraction of sp³-hybridized carbons (Fsp3) is 0.643. The molecule has 0 aliphatic carbocycles. The summed E-state index contributed by atoms with van der Waals surface area (Å²) in [5, 5.41) is 3.54. The van der Waals surface area contributed by atoms with Crippen LogP contribution < -0.4 is 5.32 Å². The summed E-state index contributed by atoms with van der Waals surface area (Å²) in [6.07, 6.45) is 3.82. The fourth-order valence-electron chi connectivity index (χ4n) is 1.86. The minimum absolute atomic E-state index is 0.562. The molecule has 1 unspecified atom stereocenters. The molecule has 0 radical (unpaired) electrons. The fourth-order valence-corrected chi connectivity index (χ4v) is 1.86. The van der Waals surface area contributed by atoms with E-state index in [-0.39, 0.29) is 0 Å². The molecule has 0 fully saturated rings. The van der Waals surface area contributed by atoms with E-state index in [1.54, 1.807) is 0 Å². The number of hydrogen-bond donors (Lipinski definition) is 1. The smallest absolute Gasteiger partial charge is 0.0303 e. The molecule has 0 spiro atoms. The van der Waals surface area contributed by atoms with Gasteiger partial charge in [0.25, 0.3) is 0 Å². The Morgan fingerprint density at radius 1 is 1.19 bits per heavy atom. The zero-order valence-electron chi connectivity index (χ0n) is 10.9. The van der Waals surface area contributed by atoms with Crippen LogP contribution in [-0.4, -0.2) is 18.1 Å². The van der Waals surface area contributed by atoms with Crippen LogP contribution in [-0.2, 0) is 0 Å². The highest BCUT2D eigenvalue weighted by Gasteiger charge is 2.15. The van der Waals surface area contributed by atoms with E-state index < -0.39 is 0 Å². The van der Waals surface area contributed by atoms with Crippen LogP contribution in [0, 0.1) is 11.8 Å². The number of aromatic nitrogens is 1. The average molecular weight is 220 g/mol. The molecule has 0 saturated carbocycles. The van der Waals surface area contributed by atoms with E-state index in [0.717, 1.165) is 13.1 Å². The number of hydrogen-bond acceptors (Lipinski definition) is 2. The molecule has 1 N–H and O–H groups in total. The van der Waals surface area contributed by atoms with E-state index in [4.69, 9.17) is 0 Å². The van der Waals surface area contributed by atoms with E-state index in [0.29, 0.717) is 17.8 Å². The van der Waals surface area contributed by atoms with Crippen molar-refractivity contribution in [3.8, 4) is 0 Å². The third-order valence-corrected chi connectivity index (χ3v) is 2.83. The minimum Gasteiger partial charge on any atom is -0.316 e. The van der Waals surface area contributed by atoms with Crippen molar-refractivity contribution in [1.29, 1.82) is 0 Å². The summed E-state index contributed by atoms with van der Waals surface area (Å²) in [5.74, 6) is 1.91. The van der Waals surface area contributed by atoms with Gasteiger partial charge in [-0.3, -0.25) is 4.98 Å². The Kier molecular flexibility index (Phi) is 5.47. The maximum atomic E-state index is 4.20. The highest BCUT2D eigenvalue weighted by atomic mass is 14.9. The van der Waals surface area contributed by atoms with E-state index in [9.17, 15) is 0 Å². The summed E-state index contributed by atoms with van der Waals surface area (Å²) in [6, 6.07) is 4.20. The topological polar surface area (TPSA) is 24.9 Å². The van der Waals surface area contributed by atoms with Crippen LogP contribution in [0.25, 0.3) is 0 Å². The molecule has 0 aliphatic rings. The lowest BCUT2D eigenvalue weighted by Crippen LogP contribution is -2.27. The number of pyridine rings is 1. The van der Waals surface area contributed by atoms with Crippen molar-refractivity contribution < 1.29 is 0 Å². The highest BCUT2D eigenvalue weighted by molar-refractivity contribution is 5.15. The van der Waals surface area contributed by atoms with Crippen molar-refractivity contribution in [3.05, 3.63) is 30.1 Å². The molecule has 1 aromatic rings. The zero-order chi connectivity index (χ0) is 12.0. The predicted molar refractivity (Wildman–Crippen MR) is 69.5 cm³/mol. The van der Waals surface area contributed by atoms with Crippen LogP contribution in [0.5, 0.6) is 0 Å². The highest BCUT2D eigenvalue weighted by Crippen LogP contribution is 2.22. The van der Waals surface area contributed by atoms with Crippen molar-refractivity contribution in [2.24, 2.45) is 11.8 Å².